The molecule has 0 aliphatic carbocycles. The molecule has 110 valence electrons. The van der Waals surface area contributed by atoms with E-state index in [0.717, 1.165) is 31.8 Å². The number of ketones is 1. The van der Waals surface area contributed by atoms with Crippen LogP contribution in [0.5, 0.6) is 0 Å². The van der Waals surface area contributed by atoms with Crippen LogP contribution in [0.25, 0.3) is 0 Å². The summed E-state index contributed by atoms with van der Waals surface area (Å²) >= 11 is 0. The smallest absolute Gasteiger partial charge is 0.287 e. The Balaban J connectivity index is 1.84. The fourth-order valence-corrected chi connectivity index (χ4v) is 2.78. The van der Waals surface area contributed by atoms with E-state index in [1.165, 1.54) is 25.1 Å². The molecule has 0 radical (unpaired) electrons. The summed E-state index contributed by atoms with van der Waals surface area (Å²) in [4.78, 5) is 27.0. The molecule has 2 heterocycles. The molecule has 1 aliphatic rings. The number of aromatic amines is 1. The Morgan fingerprint density at radius 3 is 2.75 bits per heavy atom. The third-order valence-corrected chi connectivity index (χ3v) is 3.95. The first kappa shape index (κ1) is 14.7. The molecule has 20 heavy (non-hydrogen) atoms. The van der Waals surface area contributed by atoms with E-state index in [4.69, 9.17) is 0 Å². The van der Waals surface area contributed by atoms with Gasteiger partial charge >= 0.3 is 0 Å². The van der Waals surface area contributed by atoms with Gasteiger partial charge in [0.2, 0.25) is 0 Å². The summed E-state index contributed by atoms with van der Waals surface area (Å²) in [6, 6.07) is 1.31. The van der Waals surface area contributed by atoms with Gasteiger partial charge in [-0.15, -0.1) is 0 Å². The lowest BCUT2D eigenvalue weighted by atomic mass is 9.92. The van der Waals surface area contributed by atoms with E-state index in [-0.39, 0.29) is 11.5 Å². The highest BCUT2D eigenvalue weighted by molar-refractivity contribution is 5.96. The molecule has 0 saturated carbocycles. The number of H-pyrrole nitrogens is 1. The third-order valence-electron chi connectivity index (χ3n) is 3.95. The number of carbonyl (C=O) groups excluding carboxylic acids is 1. The highest BCUT2D eigenvalue weighted by Gasteiger charge is 2.22. The van der Waals surface area contributed by atoms with E-state index in [9.17, 15) is 14.9 Å². The number of nitro groups is 1. The molecule has 1 aromatic rings. The number of Topliss-reactive ketones (excluding diaryl/α,β-unsaturated/α-hetero) is 1. The minimum absolute atomic E-state index is 0.0602. The van der Waals surface area contributed by atoms with Crippen molar-refractivity contribution in [1.82, 2.24) is 9.88 Å². The topological polar surface area (TPSA) is 79.2 Å². The average molecular weight is 279 g/mol. The van der Waals surface area contributed by atoms with Crippen LogP contribution < -0.4 is 0 Å². The van der Waals surface area contributed by atoms with Crippen LogP contribution in [-0.2, 0) is 0 Å². The fraction of sp³-hybridized carbons (Fsp3) is 0.643. The minimum atomic E-state index is -0.497. The first-order valence-electron chi connectivity index (χ1n) is 7.18. The molecule has 1 saturated heterocycles. The van der Waals surface area contributed by atoms with Gasteiger partial charge in [-0.25, -0.2) is 0 Å². The molecule has 0 amide bonds. The van der Waals surface area contributed by atoms with Crippen molar-refractivity contribution < 1.29 is 9.72 Å². The average Bonchev–Trinajstić information content (AvgIpc) is 2.91. The molecule has 2 rings (SSSR count). The van der Waals surface area contributed by atoms with Crippen LogP contribution in [0.4, 0.5) is 5.69 Å². The normalized spacial score (nSPS) is 17.2. The van der Waals surface area contributed by atoms with Crippen molar-refractivity contribution in [1.29, 1.82) is 0 Å². The Morgan fingerprint density at radius 1 is 1.50 bits per heavy atom. The van der Waals surface area contributed by atoms with Crippen molar-refractivity contribution in [3.05, 3.63) is 28.1 Å². The molecule has 1 N–H and O–H groups in total. The van der Waals surface area contributed by atoms with E-state index in [2.05, 4.69) is 16.8 Å². The van der Waals surface area contributed by atoms with Gasteiger partial charge in [-0.1, -0.05) is 19.8 Å². The van der Waals surface area contributed by atoms with Gasteiger partial charge in [-0.2, -0.15) is 0 Å². The fourth-order valence-electron chi connectivity index (χ4n) is 2.78. The summed E-state index contributed by atoms with van der Waals surface area (Å²) in [5.41, 5.74) is 0.266. The van der Waals surface area contributed by atoms with Gasteiger partial charge in [0.25, 0.3) is 5.69 Å². The van der Waals surface area contributed by atoms with Crippen LogP contribution in [0.1, 0.15) is 43.1 Å². The molecule has 6 heteroatoms. The zero-order valence-corrected chi connectivity index (χ0v) is 11.8. The predicted octanol–water partition coefficient (Wildman–Crippen LogP) is 2.62. The lowest BCUT2D eigenvalue weighted by Crippen LogP contribution is -2.37. The Bertz CT molecular complexity index is 476. The molecule has 0 bridgehead atoms. The number of piperidine rings is 1. The maximum atomic E-state index is 12.1. The second-order valence-corrected chi connectivity index (χ2v) is 5.46. The molecular formula is C14H21N3O3. The second-order valence-electron chi connectivity index (χ2n) is 5.46. The van der Waals surface area contributed by atoms with Gasteiger partial charge in [-0.3, -0.25) is 19.8 Å². The van der Waals surface area contributed by atoms with Crippen LogP contribution in [0.2, 0.25) is 0 Å². The van der Waals surface area contributed by atoms with E-state index in [1.807, 2.05) is 0 Å². The molecule has 1 aromatic heterocycles. The van der Waals surface area contributed by atoms with Crippen molar-refractivity contribution >= 4 is 11.5 Å². The van der Waals surface area contributed by atoms with Crippen molar-refractivity contribution in [2.24, 2.45) is 5.92 Å². The van der Waals surface area contributed by atoms with Crippen LogP contribution in [0, 0.1) is 16.0 Å². The predicted molar refractivity (Wildman–Crippen MR) is 75.8 cm³/mol. The number of nitrogens with zero attached hydrogens (tertiary/aromatic N) is 2. The molecule has 0 unspecified atom stereocenters. The Hall–Kier alpha value is -1.69. The van der Waals surface area contributed by atoms with Crippen molar-refractivity contribution in [2.45, 2.75) is 32.6 Å². The van der Waals surface area contributed by atoms with Crippen molar-refractivity contribution in [3.8, 4) is 0 Å². The summed E-state index contributed by atoms with van der Waals surface area (Å²) in [5.74, 6) is 0.713. The summed E-state index contributed by atoms with van der Waals surface area (Å²) in [6.45, 7) is 4.43. The van der Waals surface area contributed by atoms with Crippen LogP contribution >= 0.6 is 0 Å². The first-order chi connectivity index (χ1) is 9.60. The van der Waals surface area contributed by atoms with E-state index < -0.39 is 4.92 Å². The Labute approximate surface area is 118 Å². The first-order valence-corrected chi connectivity index (χ1v) is 7.18. The zero-order valence-electron chi connectivity index (χ0n) is 11.8. The Morgan fingerprint density at radius 2 is 2.20 bits per heavy atom. The number of aromatic nitrogens is 1. The second kappa shape index (κ2) is 6.65. The lowest BCUT2D eigenvalue weighted by Gasteiger charge is -2.31. The van der Waals surface area contributed by atoms with Gasteiger partial charge in [0, 0.05) is 6.07 Å². The molecule has 0 atom stereocenters. The van der Waals surface area contributed by atoms with E-state index in [0.29, 0.717) is 12.2 Å². The zero-order chi connectivity index (χ0) is 14.5. The van der Waals surface area contributed by atoms with Gasteiger partial charge < -0.3 is 4.98 Å². The van der Waals surface area contributed by atoms with Gasteiger partial charge in [-0.05, 0) is 31.8 Å². The van der Waals surface area contributed by atoms with Crippen molar-refractivity contribution in [3.63, 3.8) is 0 Å². The molecule has 6 nitrogen and oxygen atoms in total. The number of nitrogens with one attached hydrogen (secondary N) is 1. The van der Waals surface area contributed by atoms with E-state index >= 15 is 0 Å². The van der Waals surface area contributed by atoms with Gasteiger partial charge in [0.15, 0.2) is 5.78 Å². The molecular weight excluding hydrogens is 258 g/mol. The monoisotopic (exact) mass is 279 g/mol. The number of hydrogen-bond donors (Lipinski definition) is 1. The van der Waals surface area contributed by atoms with Crippen LogP contribution in [0.15, 0.2) is 12.3 Å². The highest BCUT2D eigenvalue weighted by Crippen LogP contribution is 2.22. The molecule has 0 aromatic carbocycles. The van der Waals surface area contributed by atoms with Gasteiger partial charge in [0.05, 0.1) is 23.4 Å². The summed E-state index contributed by atoms with van der Waals surface area (Å²) in [5, 5.41) is 10.6. The molecule has 1 fully saturated rings. The number of carbonyl (C=O) groups is 1. The summed E-state index contributed by atoms with van der Waals surface area (Å²) in [6.07, 6.45) is 6.04. The standard InChI is InChI=1S/C14H21N3O3/c1-2-3-11-4-6-16(7-5-11)10-14(18)13-8-12(9-15-13)17(19)20/h8-9,11,15H,2-7,10H2,1H3. The number of likely N-dealkylation sites (tertiary alicyclic amines) is 1. The van der Waals surface area contributed by atoms with Crippen molar-refractivity contribution in [2.75, 3.05) is 19.6 Å². The highest BCUT2D eigenvalue weighted by atomic mass is 16.6. The van der Waals surface area contributed by atoms with E-state index in [1.54, 1.807) is 0 Å². The number of rotatable bonds is 6. The summed E-state index contributed by atoms with van der Waals surface area (Å²) < 4.78 is 0. The number of hydrogen-bond acceptors (Lipinski definition) is 4. The largest absolute Gasteiger partial charge is 0.353 e. The maximum Gasteiger partial charge on any atom is 0.287 e. The summed E-state index contributed by atoms with van der Waals surface area (Å²) in [7, 11) is 0. The quantitative estimate of drug-likeness (QED) is 0.493. The SMILES string of the molecule is CCCC1CCN(CC(=O)c2cc([N+](=O)[O-])c[nH]2)CC1. The molecule has 1 aliphatic heterocycles. The maximum absolute atomic E-state index is 12.1. The lowest BCUT2D eigenvalue weighted by molar-refractivity contribution is -0.384. The van der Waals surface area contributed by atoms with Crippen LogP contribution in [0.3, 0.4) is 0 Å². The Kier molecular flexibility index (Phi) is 4.89. The van der Waals surface area contributed by atoms with Crippen LogP contribution in [-0.4, -0.2) is 40.2 Å². The van der Waals surface area contributed by atoms with Gasteiger partial charge in [0.1, 0.15) is 0 Å². The third kappa shape index (κ3) is 3.66. The molecule has 0 spiro atoms. The minimum Gasteiger partial charge on any atom is -0.353 e.